The van der Waals surface area contributed by atoms with Crippen molar-refractivity contribution in [1.29, 1.82) is 0 Å². The maximum absolute atomic E-state index is 11.6. The first-order valence-corrected chi connectivity index (χ1v) is 6.17. The topological polar surface area (TPSA) is 29.1 Å². The third-order valence-electron chi connectivity index (χ3n) is 1.89. The van der Waals surface area contributed by atoms with Crippen molar-refractivity contribution in [1.82, 2.24) is 5.32 Å². The molecule has 0 radical (unpaired) electrons. The highest BCUT2D eigenvalue weighted by molar-refractivity contribution is 9.10. The summed E-state index contributed by atoms with van der Waals surface area (Å²) in [6.07, 6.45) is 0. The minimum Gasteiger partial charge on any atom is -0.351 e. The summed E-state index contributed by atoms with van der Waals surface area (Å²) in [6, 6.07) is 5.61. The molecule has 1 aromatic rings. The van der Waals surface area contributed by atoms with Crippen LogP contribution in [-0.4, -0.2) is 17.8 Å². The normalized spacial score (nSPS) is 9.93. The second-order valence-corrected chi connectivity index (χ2v) is 4.50. The molecule has 0 spiro atoms. The number of carbonyl (C=O) groups excluding carboxylic acids is 1. The number of halogens is 2. The Morgan fingerprint density at radius 1 is 1.50 bits per heavy atom. The Morgan fingerprint density at radius 3 is 2.86 bits per heavy atom. The number of hydrogen-bond acceptors (Lipinski definition) is 1. The van der Waals surface area contributed by atoms with Crippen LogP contribution in [0.1, 0.15) is 15.9 Å². The van der Waals surface area contributed by atoms with Crippen molar-refractivity contribution in [2.45, 2.75) is 6.92 Å². The van der Waals surface area contributed by atoms with Crippen molar-refractivity contribution in [3.8, 4) is 0 Å². The predicted octanol–water partition coefficient (Wildman–Crippen LogP) is 2.88. The van der Waals surface area contributed by atoms with Gasteiger partial charge in [-0.3, -0.25) is 4.79 Å². The summed E-state index contributed by atoms with van der Waals surface area (Å²) in [5.74, 6) is -0.0248. The maximum atomic E-state index is 11.6. The van der Waals surface area contributed by atoms with Gasteiger partial charge in [-0.05, 0) is 24.6 Å². The molecule has 0 atom stereocenters. The van der Waals surface area contributed by atoms with E-state index >= 15 is 0 Å². The first-order valence-electron chi connectivity index (χ1n) is 4.26. The number of alkyl halides is 1. The first-order chi connectivity index (χ1) is 6.66. The summed E-state index contributed by atoms with van der Waals surface area (Å²) in [5, 5.41) is 3.58. The Hall–Kier alpha value is -0.350. The number of benzene rings is 1. The zero-order valence-electron chi connectivity index (χ0n) is 7.81. The van der Waals surface area contributed by atoms with Gasteiger partial charge in [0.1, 0.15) is 0 Å². The Labute approximate surface area is 100 Å². The zero-order valence-corrected chi connectivity index (χ0v) is 11.0. The van der Waals surface area contributed by atoms with E-state index in [0.29, 0.717) is 6.54 Å². The van der Waals surface area contributed by atoms with Crippen LogP contribution in [0.25, 0.3) is 0 Å². The summed E-state index contributed by atoms with van der Waals surface area (Å²) in [4.78, 5) is 11.6. The minimum absolute atomic E-state index is 0.0248. The lowest BCUT2D eigenvalue weighted by Crippen LogP contribution is -2.25. The van der Waals surface area contributed by atoms with E-state index in [9.17, 15) is 4.79 Å². The molecular weight excluding hydrogens is 310 g/mol. The highest BCUT2D eigenvalue weighted by Gasteiger charge is 2.09. The van der Waals surface area contributed by atoms with Gasteiger partial charge in [0.25, 0.3) is 5.91 Å². The van der Waals surface area contributed by atoms with Gasteiger partial charge in [0, 0.05) is 21.9 Å². The van der Waals surface area contributed by atoms with Crippen LogP contribution in [0.2, 0.25) is 0 Å². The second-order valence-electron chi connectivity index (χ2n) is 2.86. The van der Waals surface area contributed by atoms with Crippen LogP contribution in [0.5, 0.6) is 0 Å². The van der Waals surface area contributed by atoms with E-state index in [4.69, 9.17) is 0 Å². The number of rotatable bonds is 3. The lowest BCUT2D eigenvalue weighted by Gasteiger charge is -2.07. The zero-order chi connectivity index (χ0) is 10.6. The molecule has 1 aromatic carbocycles. The summed E-state index contributed by atoms with van der Waals surface area (Å²) >= 11 is 6.65. The van der Waals surface area contributed by atoms with Crippen LogP contribution in [0.4, 0.5) is 0 Å². The highest BCUT2D eigenvalue weighted by Crippen LogP contribution is 2.19. The van der Waals surface area contributed by atoms with E-state index in [0.717, 1.165) is 20.9 Å². The van der Waals surface area contributed by atoms with Crippen LogP contribution in [0.3, 0.4) is 0 Å². The summed E-state index contributed by atoms with van der Waals surface area (Å²) in [6.45, 7) is 2.57. The van der Waals surface area contributed by atoms with Crippen molar-refractivity contribution in [2.75, 3.05) is 11.9 Å². The van der Waals surface area contributed by atoms with Gasteiger partial charge in [-0.2, -0.15) is 0 Å². The average Bonchev–Trinajstić information content (AvgIpc) is 2.18. The Kier molecular flexibility index (Phi) is 4.62. The summed E-state index contributed by atoms with van der Waals surface area (Å²) < 4.78 is 0.962. The molecule has 14 heavy (non-hydrogen) atoms. The Morgan fingerprint density at radius 2 is 2.21 bits per heavy atom. The third kappa shape index (κ3) is 2.82. The SMILES string of the molecule is Cc1c(Br)cccc1C(=O)NCCBr. The largest absolute Gasteiger partial charge is 0.351 e. The number of nitrogens with one attached hydrogen (secondary N) is 1. The molecular formula is C10H11Br2NO. The number of carbonyl (C=O) groups is 1. The fourth-order valence-corrected chi connectivity index (χ4v) is 1.67. The van der Waals surface area contributed by atoms with E-state index in [1.165, 1.54) is 0 Å². The molecule has 0 saturated carbocycles. The molecule has 0 unspecified atom stereocenters. The lowest BCUT2D eigenvalue weighted by atomic mass is 10.1. The predicted molar refractivity (Wildman–Crippen MR) is 65.0 cm³/mol. The van der Waals surface area contributed by atoms with Gasteiger partial charge in [-0.25, -0.2) is 0 Å². The first kappa shape index (κ1) is 11.7. The molecule has 2 nitrogen and oxygen atoms in total. The van der Waals surface area contributed by atoms with Crippen LogP contribution in [0, 0.1) is 6.92 Å². The molecule has 1 N–H and O–H groups in total. The molecule has 0 aromatic heterocycles. The smallest absolute Gasteiger partial charge is 0.251 e. The molecule has 0 bridgehead atoms. The van der Waals surface area contributed by atoms with E-state index in [1.54, 1.807) is 0 Å². The Balaban J connectivity index is 2.84. The highest BCUT2D eigenvalue weighted by atomic mass is 79.9. The second kappa shape index (κ2) is 5.51. The molecule has 0 aliphatic rings. The van der Waals surface area contributed by atoms with Gasteiger partial charge in [0.2, 0.25) is 0 Å². The lowest BCUT2D eigenvalue weighted by molar-refractivity contribution is 0.0955. The average molecular weight is 321 g/mol. The van der Waals surface area contributed by atoms with E-state index in [-0.39, 0.29) is 5.91 Å². The molecule has 1 rings (SSSR count). The van der Waals surface area contributed by atoms with E-state index in [1.807, 2.05) is 25.1 Å². The minimum atomic E-state index is -0.0248. The molecule has 0 saturated heterocycles. The van der Waals surface area contributed by atoms with Crippen LogP contribution in [0.15, 0.2) is 22.7 Å². The number of hydrogen-bond donors (Lipinski definition) is 1. The van der Waals surface area contributed by atoms with Crippen molar-refractivity contribution >= 4 is 37.8 Å². The molecule has 76 valence electrons. The standard InChI is InChI=1S/C10H11Br2NO/c1-7-8(3-2-4-9(7)12)10(14)13-6-5-11/h2-4H,5-6H2,1H3,(H,13,14). The van der Waals surface area contributed by atoms with E-state index in [2.05, 4.69) is 37.2 Å². The van der Waals surface area contributed by atoms with Crippen molar-refractivity contribution < 1.29 is 4.79 Å². The summed E-state index contributed by atoms with van der Waals surface area (Å²) in [5.41, 5.74) is 1.69. The molecule has 1 amide bonds. The fourth-order valence-electron chi connectivity index (χ4n) is 1.11. The third-order valence-corrected chi connectivity index (χ3v) is 3.15. The van der Waals surface area contributed by atoms with Crippen LogP contribution < -0.4 is 5.32 Å². The van der Waals surface area contributed by atoms with Crippen molar-refractivity contribution in [3.05, 3.63) is 33.8 Å². The van der Waals surface area contributed by atoms with Gasteiger partial charge >= 0.3 is 0 Å². The van der Waals surface area contributed by atoms with Gasteiger partial charge < -0.3 is 5.32 Å². The molecule has 0 aliphatic carbocycles. The number of amides is 1. The van der Waals surface area contributed by atoms with Gasteiger partial charge in [-0.1, -0.05) is 37.9 Å². The van der Waals surface area contributed by atoms with E-state index < -0.39 is 0 Å². The molecule has 0 aliphatic heterocycles. The van der Waals surface area contributed by atoms with Crippen LogP contribution >= 0.6 is 31.9 Å². The maximum Gasteiger partial charge on any atom is 0.251 e. The fraction of sp³-hybridized carbons (Fsp3) is 0.300. The van der Waals surface area contributed by atoms with Crippen molar-refractivity contribution in [2.24, 2.45) is 0 Å². The Bertz CT molecular complexity index is 339. The van der Waals surface area contributed by atoms with Gasteiger partial charge in [0.15, 0.2) is 0 Å². The monoisotopic (exact) mass is 319 g/mol. The molecule has 0 fully saturated rings. The summed E-state index contributed by atoms with van der Waals surface area (Å²) in [7, 11) is 0. The van der Waals surface area contributed by atoms with Crippen molar-refractivity contribution in [3.63, 3.8) is 0 Å². The van der Waals surface area contributed by atoms with Gasteiger partial charge in [0.05, 0.1) is 0 Å². The quantitative estimate of drug-likeness (QED) is 0.852. The molecule has 4 heteroatoms. The van der Waals surface area contributed by atoms with Crippen LogP contribution in [-0.2, 0) is 0 Å². The van der Waals surface area contributed by atoms with Gasteiger partial charge in [-0.15, -0.1) is 0 Å². The molecule has 0 heterocycles.